The van der Waals surface area contributed by atoms with E-state index in [1.54, 1.807) is 0 Å². The van der Waals surface area contributed by atoms with Crippen LogP contribution in [0.25, 0.3) is 0 Å². The van der Waals surface area contributed by atoms with Gasteiger partial charge in [-0.1, -0.05) is 0 Å². The van der Waals surface area contributed by atoms with Crippen LogP contribution in [0.1, 0.15) is 38.5 Å². The number of likely N-dealkylation sites (tertiary alicyclic amines) is 1. The fourth-order valence-corrected chi connectivity index (χ4v) is 3.82. The van der Waals surface area contributed by atoms with Gasteiger partial charge >= 0.3 is 0 Å². The topological polar surface area (TPSA) is 32.3 Å². The summed E-state index contributed by atoms with van der Waals surface area (Å²) in [7, 11) is 2.20. The van der Waals surface area contributed by atoms with Crippen LogP contribution in [0.2, 0.25) is 0 Å². The van der Waals surface area contributed by atoms with Gasteiger partial charge in [-0.2, -0.15) is 0 Å². The van der Waals surface area contributed by atoms with Crippen LogP contribution in [-0.2, 0) is 4.79 Å². The number of hydrogen-bond acceptors (Lipinski definition) is 2. The molecule has 0 bridgehead atoms. The molecule has 3 nitrogen and oxygen atoms in total. The highest BCUT2D eigenvalue weighted by Crippen LogP contribution is 2.54. The second kappa shape index (κ2) is 5.20. The molecule has 0 spiro atoms. The molecule has 3 rings (SSSR count). The predicted octanol–water partition coefficient (Wildman–Crippen LogP) is 1.88. The Balaban J connectivity index is 1.31. The Kier molecular flexibility index (Phi) is 3.60. The first kappa shape index (κ1) is 12.5. The molecule has 18 heavy (non-hydrogen) atoms. The molecule has 2 unspecified atom stereocenters. The summed E-state index contributed by atoms with van der Waals surface area (Å²) in [5.41, 5.74) is 0. The van der Waals surface area contributed by atoms with Gasteiger partial charge in [0, 0.05) is 12.5 Å². The Morgan fingerprint density at radius 1 is 1.17 bits per heavy atom. The number of piperidine rings is 1. The molecule has 1 heterocycles. The van der Waals surface area contributed by atoms with Crippen molar-refractivity contribution in [2.45, 2.75) is 38.5 Å². The second-order valence-electron chi connectivity index (χ2n) is 6.75. The Hall–Kier alpha value is -0.570. The third-order valence-corrected chi connectivity index (χ3v) is 5.30. The van der Waals surface area contributed by atoms with Crippen LogP contribution in [-0.4, -0.2) is 37.5 Å². The molecule has 1 amide bonds. The third kappa shape index (κ3) is 2.87. The van der Waals surface area contributed by atoms with Crippen molar-refractivity contribution in [1.29, 1.82) is 0 Å². The molecule has 0 aromatic rings. The summed E-state index contributed by atoms with van der Waals surface area (Å²) in [5, 5.41) is 3.17. The van der Waals surface area contributed by atoms with Crippen molar-refractivity contribution in [3.05, 3.63) is 0 Å². The summed E-state index contributed by atoms with van der Waals surface area (Å²) in [4.78, 5) is 14.4. The molecule has 102 valence electrons. The van der Waals surface area contributed by atoms with Crippen LogP contribution < -0.4 is 5.32 Å². The van der Waals surface area contributed by atoms with Gasteiger partial charge in [0.25, 0.3) is 0 Å². The molecule has 3 heteroatoms. The Labute approximate surface area is 110 Å². The van der Waals surface area contributed by atoms with Crippen LogP contribution in [0.15, 0.2) is 0 Å². The lowest BCUT2D eigenvalue weighted by atomic mass is 9.93. The monoisotopic (exact) mass is 250 g/mol. The van der Waals surface area contributed by atoms with E-state index in [4.69, 9.17) is 0 Å². The molecule has 2 atom stereocenters. The van der Waals surface area contributed by atoms with E-state index >= 15 is 0 Å². The molecule has 1 aliphatic heterocycles. The maximum absolute atomic E-state index is 12.0. The van der Waals surface area contributed by atoms with Crippen molar-refractivity contribution in [2.75, 3.05) is 26.7 Å². The summed E-state index contributed by atoms with van der Waals surface area (Å²) >= 11 is 0. The van der Waals surface area contributed by atoms with Gasteiger partial charge in [-0.3, -0.25) is 4.79 Å². The average molecular weight is 250 g/mol. The van der Waals surface area contributed by atoms with Crippen LogP contribution in [0.5, 0.6) is 0 Å². The molecular weight excluding hydrogens is 224 g/mol. The van der Waals surface area contributed by atoms with E-state index in [1.165, 1.54) is 51.6 Å². The number of nitrogens with zero attached hydrogens (tertiary/aromatic N) is 1. The summed E-state index contributed by atoms with van der Waals surface area (Å²) in [6, 6.07) is 0. The normalized spacial score (nSPS) is 36.4. The van der Waals surface area contributed by atoms with Gasteiger partial charge in [0.05, 0.1) is 0 Å². The van der Waals surface area contributed by atoms with Crippen molar-refractivity contribution in [3.8, 4) is 0 Å². The maximum atomic E-state index is 12.0. The smallest absolute Gasteiger partial charge is 0.223 e. The van der Waals surface area contributed by atoms with Crippen LogP contribution in [0, 0.1) is 23.7 Å². The largest absolute Gasteiger partial charge is 0.356 e. The SMILES string of the molecule is CN1CCC(CCNC(=O)C2CC3CC3C2)CC1. The van der Waals surface area contributed by atoms with Crippen LogP contribution in [0.3, 0.4) is 0 Å². The van der Waals surface area contributed by atoms with Gasteiger partial charge in [0.15, 0.2) is 0 Å². The van der Waals surface area contributed by atoms with E-state index in [2.05, 4.69) is 17.3 Å². The van der Waals surface area contributed by atoms with Gasteiger partial charge in [0.1, 0.15) is 0 Å². The predicted molar refractivity (Wildman–Crippen MR) is 72.2 cm³/mol. The fourth-order valence-electron chi connectivity index (χ4n) is 3.82. The zero-order valence-corrected chi connectivity index (χ0v) is 11.5. The molecule has 3 aliphatic rings. The van der Waals surface area contributed by atoms with Crippen LogP contribution >= 0.6 is 0 Å². The lowest BCUT2D eigenvalue weighted by Crippen LogP contribution is -2.34. The van der Waals surface area contributed by atoms with Crippen molar-refractivity contribution in [2.24, 2.45) is 23.7 Å². The lowest BCUT2D eigenvalue weighted by molar-refractivity contribution is -0.125. The maximum Gasteiger partial charge on any atom is 0.223 e. The molecule has 1 N–H and O–H groups in total. The van der Waals surface area contributed by atoms with Crippen molar-refractivity contribution < 1.29 is 4.79 Å². The van der Waals surface area contributed by atoms with E-state index in [0.717, 1.165) is 24.3 Å². The van der Waals surface area contributed by atoms with Crippen molar-refractivity contribution in [1.82, 2.24) is 10.2 Å². The molecule has 1 saturated heterocycles. The highest BCUT2D eigenvalue weighted by molar-refractivity contribution is 5.79. The van der Waals surface area contributed by atoms with Gasteiger partial charge in [-0.15, -0.1) is 0 Å². The zero-order valence-electron chi connectivity index (χ0n) is 11.5. The van der Waals surface area contributed by atoms with E-state index in [0.29, 0.717) is 11.8 Å². The number of carbonyl (C=O) groups is 1. The lowest BCUT2D eigenvalue weighted by Gasteiger charge is -2.29. The Morgan fingerprint density at radius 3 is 2.50 bits per heavy atom. The summed E-state index contributed by atoms with van der Waals surface area (Å²) in [5.74, 6) is 3.35. The Morgan fingerprint density at radius 2 is 1.83 bits per heavy atom. The molecular formula is C15H26N2O. The minimum atomic E-state index is 0.343. The first-order valence-corrected chi connectivity index (χ1v) is 7.68. The zero-order chi connectivity index (χ0) is 12.5. The van der Waals surface area contributed by atoms with Crippen LogP contribution in [0.4, 0.5) is 0 Å². The first-order chi connectivity index (χ1) is 8.72. The number of carbonyl (C=O) groups excluding carboxylic acids is 1. The highest BCUT2D eigenvalue weighted by atomic mass is 16.1. The number of amides is 1. The summed E-state index contributed by atoms with van der Waals surface area (Å²) in [6.45, 7) is 3.36. The van der Waals surface area contributed by atoms with E-state index in [-0.39, 0.29) is 0 Å². The van der Waals surface area contributed by atoms with Gasteiger partial charge in [-0.25, -0.2) is 0 Å². The molecule has 2 saturated carbocycles. The molecule has 0 aromatic carbocycles. The standard InChI is InChI=1S/C15H26N2O/c1-17-6-3-11(4-7-17)2-5-16-15(18)14-9-12-8-13(12)10-14/h11-14H,2-10H2,1H3,(H,16,18). The summed E-state index contributed by atoms with van der Waals surface area (Å²) < 4.78 is 0. The minimum absolute atomic E-state index is 0.343. The average Bonchev–Trinajstić information content (AvgIpc) is 2.98. The molecule has 2 aliphatic carbocycles. The van der Waals surface area contributed by atoms with E-state index in [9.17, 15) is 4.79 Å². The number of rotatable bonds is 4. The van der Waals surface area contributed by atoms with Crippen molar-refractivity contribution >= 4 is 5.91 Å². The van der Waals surface area contributed by atoms with E-state index in [1.807, 2.05) is 0 Å². The highest BCUT2D eigenvalue weighted by Gasteiger charge is 2.47. The molecule has 0 radical (unpaired) electrons. The molecule has 3 fully saturated rings. The van der Waals surface area contributed by atoms with Gasteiger partial charge in [0.2, 0.25) is 5.91 Å². The summed E-state index contributed by atoms with van der Waals surface area (Å²) in [6.07, 6.45) is 7.54. The third-order valence-electron chi connectivity index (χ3n) is 5.30. The fraction of sp³-hybridized carbons (Fsp3) is 0.933. The van der Waals surface area contributed by atoms with Crippen molar-refractivity contribution in [3.63, 3.8) is 0 Å². The Bertz CT molecular complexity index is 300. The van der Waals surface area contributed by atoms with Gasteiger partial charge < -0.3 is 10.2 Å². The second-order valence-corrected chi connectivity index (χ2v) is 6.75. The van der Waals surface area contributed by atoms with Gasteiger partial charge in [-0.05, 0) is 76.4 Å². The quantitative estimate of drug-likeness (QED) is 0.826. The number of fused-ring (bicyclic) bond motifs is 1. The van der Waals surface area contributed by atoms with E-state index < -0.39 is 0 Å². The minimum Gasteiger partial charge on any atom is -0.356 e. The molecule has 0 aromatic heterocycles. The first-order valence-electron chi connectivity index (χ1n) is 7.68. The number of hydrogen-bond donors (Lipinski definition) is 1. The number of nitrogens with one attached hydrogen (secondary N) is 1.